The van der Waals surface area contributed by atoms with Crippen LogP contribution < -0.4 is 4.90 Å². The van der Waals surface area contributed by atoms with E-state index in [1.54, 1.807) is 29.5 Å². The molecule has 2 rings (SSSR count). The summed E-state index contributed by atoms with van der Waals surface area (Å²) < 4.78 is 1.10. The first-order valence-corrected chi connectivity index (χ1v) is 6.96. The van der Waals surface area contributed by atoms with E-state index in [1.807, 2.05) is 24.1 Å². The van der Waals surface area contributed by atoms with Crippen molar-refractivity contribution in [2.45, 2.75) is 6.54 Å². The molecule has 1 heterocycles. The Bertz CT molecular complexity index is 568. The fourth-order valence-electron chi connectivity index (χ4n) is 1.64. The van der Waals surface area contributed by atoms with Crippen molar-refractivity contribution >= 4 is 38.9 Å². The van der Waals surface area contributed by atoms with Crippen molar-refractivity contribution in [1.82, 2.24) is 0 Å². The van der Waals surface area contributed by atoms with Crippen LogP contribution in [0.5, 0.6) is 0 Å². The van der Waals surface area contributed by atoms with Crippen LogP contribution in [0.15, 0.2) is 40.2 Å². The summed E-state index contributed by atoms with van der Waals surface area (Å²) in [6, 6.07) is 11.0. The smallest absolute Gasteiger partial charge is 0.335 e. The molecule has 0 aliphatic carbocycles. The summed E-state index contributed by atoms with van der Waals surface area (Å²) in [5, 5.41) is 8.96. The highest BCUT2D eigenvalue weighted by Gasteiger charge is 2.07. The first kappa shape index (κ1) is 13.1. The predicted molar refractivity (Wildman–Crippen MR) is 77.5 cm³/mol. The third-order valence-corrected chi connectivity index (χ3v) is 4.16. The monoisotopic (exact) mass is 325 g/mol. The zero-order valence-electron chi connectivity index (χ0n) is 9.76. The number of thiophene rings is 1. The maximum atomic E-state index is 10.9. The molecular formula is C13H12BrNO2S. The lowest BCUT2D eigenvalue weighted by atomic mass is 10.2. The Kier molecular flexibility index (Phi) is 4.04. The van der Waals surface area contributed by atoms with E-state index in [0.29, 0.717) is 5.56 Å². The molecule has 0 aliphatic rings. The number of hydrogen-bond donors (Lipinski definition) is 1. The minimum atomic E-state index is -0.899. The largest absolute Gasteiger partial charge is 0.478 e. The van der Waals surface area contributed by atoms with Gasteiger partial charge in [-0.3, -0.25) is 0 Å². The Balaban J connectivity index is 2.15. The molecule has 0 saturated heterocycles. The highest BCUT2D eigenvalue weighted by Crippen LogP contribution is 2.25. The molecule has 5 heteroatoms. The number of anilines is 1. The lowest BCUT2D eigenvalue weighted by molar-refractivity contribution is 0.0697. The molecule has 1 aromatic heterocycles. The molecule has 1 aromatic carbocycles. The molecule has 0 aliphatic heterocycles. The molecule has 0 atom stereocenters. The van der Waals surface area contributed by atoms with Crippen molar-refractivity contribution in [2.24, 2.45) is 0 Å². The Morgan fingerprint density at radius 2 is 2.17 bits per heavy atom. The summed E-state index contributed by atoms with van der Waals surface area (Å²) in [6.45, 7) is 0.763. The van der Waals surface area contributed by atoms with Gasteiger partial charge in [0.05, 0.1) is 15.9 Å². The summed E-state index contributed by atoms with van der Waals surface area (Å²) in [4.78, 5) is 14.2. The Labute approximate surface area is 118 Å². The van der Waals surface area contributed by atoms with Crippen molar-refractivity contribution in [3.63, 3.8) is 0 Å². The highest BCUT2D eigenvalue weighted by molar-refractivity contribution is 9.11. The van der Waals surface area contributed by atoms with Crippen LogP contribution in [0.4, 0.5) is 5.69 Å². The quantitative estimate of drug-likeness (QED) is 0.928. The standard InChI is InChI=1S/C13H12BrNO2S/c1-15(8-11-5-6-12(14)18-11)10-4-2-3-9(7-10)13(16)17/h2-7H,8H2,1H3,(H,16,17). The molecule has 0 saturated carbocycles. The van der Waals surface area contributed by atoms with Gasteiger partial charge in [-0.05, 0) is 46.3 Å². The average molecular weight is 326 g/mol. The van der Waals surface area contributed by atoms with Gasteiger partial charge in [0, 0.05) is 17.6 Å². The van der Waals surface area contributed by atoms with Crippen LogP contribution in [-0.2, 0) is 6.54 Å². The lowest BCUT2D eigenvalue weighted by Gasteiger charge is -2.18. The SMILES string of the molecule is CN(Cc1ccc(Br)s1)c1cccc(C(=O)O)c1. The zero-order valence-corrected chi connectivity index (χ0v) is 12.2. The molecule has 0 spiro atoms. The number of carboxylic acid groups (broad SMARTS) is 1. The van der Waals surface area contributed by atoms with Crippen molar-refractivity contribution in [3.05, 3.63) is 50.6 Å². The van der Waals surface area contributed by atoms with E-state index in [-0.39, 0.29) is 0 Å². The van der Waals surface area contributed by atoms with E-state index in [9.17, 15) is 4.79 Å². The van der Waals surface area contributed by atoms with Crippen LogP contribution in [0.3, 0.4) is 0 Å². The van der Waals surface area contributed by atoms with E-state index in [4.69, 9.17) is 5.11 Å². The van der Waals surface area contributed by atoms with Gasteiger partial charge in [-0.15, -0.1) is 11.3 Å². The molecule has 0 bridgehead atoms. The third kappa shape index (κ3) is 3.11. The van der Waals surface area contributed by atoms with Crippen LogP contribution in [0.25, 0.3) is 0 Å². The summed E-state index contributed by atoms with van der Waals surface area (Å²) in [6.07, 6.45) is 0. The summed E-state index contributed by atoms with van der Waals surface area (Å²) in [5.74, 6) is -0.899. The number of halogens is 1. The van der Waals surface area contributed by atoms with Crippen LogP contribution in [-0.4, -0.2) is 18.1 Å². The van der Waals surface area contributed by atoms with Crippen molar-refractivity contribution in [1.29, 1.82) is 0 Å². The van der Waals surface area contributed by atoms with E-state index in [2.05, 4.69) is 22.0 Å². The van der Waals surface area contributed by atoms with Gasteiger partial charge in [-0.2, -0.15) is 0 Å². The minimum Gasteiger partial charge on any atom is -0.478 e. The second-order valence-corrected chi connectivity index (χ2v) is 6.46. The number of hydrogen-bond acceptors (Lipinski definition) is 3. The van der Waals surface area contributed by atoms with Gasteiger partial charge >= 0.3 is 5.97 Å². The summed E-state index contributed by atoms with van der Waals surface area (Å²) in [5.41, 5.74) is 1.21. The molecule has 18 heavy (non-hydrogen) atoms. The van der Waals surface area contributed by atoms with Crippen molar-refractivity contribution in [3.8, 4) is 0 Å². The molecular weight excluding hydrogens is 314 g/mol. The van der Waals surface area contributed by atoms with Crippen molar-refractivity contribution in [2.75, 3.05) is 11.9 Å². The summed E-state index contributed by atoms with van der Waals surface area (Å²) >= 11 is 5.11. The Morgan fingerprint density at radius 3 is 2.78 bits per heavy atom. The number of carboxylic acids is 1. The fourth-order valence-corrected chi connectivity index (χ4v) is 3.17. The first-order chi connectivity index (χ1) is 8.56. The third-order valence-electron chi connectivity index (χ3n) is 2.56. The molecule has 2 aromatic rings. The van der Waals surface area contributed by atoms with Gasteiger partial charge in [-0.25, -0.2) is 4.79 Å². The molecule has 0 unspecified atom stereocenters. The van der Waals surface area contributed by atoms with Gasteiger partial charge in [-0.1, -0.05) is 6.07 Å². The normalized spacial score (nSPS) is 10.3. The zero-order chi connectivity index (χ0) is 13.1. The van der Waals surface area contributed by atoms with Crippen LogP contribution in [0, 0.1) is 0 Å². The number of aromatic carboxylic acids is 1. The van der Waals surface area contributed by atoms with E-state index in [1.165, 1.54) is 4.88 Å². The van der Waals surface area contributed by atoms with E-state index < -0.39 is 5.97 Å². The van der Waals surface area contributed by atoms with Gasteiger partial charge < -0.3 is 10.0 Å². The van der Waals surface area contributed by atoms with E-state index >= 15 is 0 Å². The molecule has 94 valence electrons. The maximum absolute atomic E-state index is 10.9. The molecule has 0 amide bonds. The predicted octanol–water partition coefficient (Wildman–Crippen LogP) is 3.85. The molecule has 0 fully saturated rings. The Morgan fingerprint density at radius 1 is 1.39 bits per heavy atom. The topological polar surface area (TPSA) is 40.5 Å². The first-order valence-electron chi connectivity index (χ1n) is 5.35. The number of rotatable bonds is 4. The van der Waals surface area contributed by atoms with Crippen LogP contribution in [0.1, 0.15) is 15.2 Å². The second kappa shape index (κ2) is 5.54. The average Bonchev–Trinajstić information content (AvgIpc) is 2.75. The highest BCUT2D eigenvalue weighted by atomic mass is 79.9. The minimum absolute atomic E-state index is 0.312. The number of carbonyl (C=O) groups is 1. The Hall–Kier alpha value is -1.33. The summed E-state index contributed by atoms with van der Waals surface area (Å²) in [7, 11) is 1.95. The van der Waals surface area contributed by atoms with Crippen LogP contribution >= 0.6 is 27.3 Å². The van der Waals surface area contributed by atoms with Crippen molar-refractivity contribution < 1.29 is 9.90 Å². The lowest BCUT2D eigenvalue weighted by Crippen LogP contribution is -2.16. The van der Waals surface area contributed by atoms with Gasteiger partial charge in [0.1, 0.15) is 0 Å². The second-order valence-electron chi connectivity index (χ2n) is 3.92. The molecule has 3 nitrogen and oxygen atoms in total. The number of benzene rings is 1. The molecule has 0 radical (unpaired) electrons. The van der Waals surface area contributed by atoms with Crippen LogP contribution in [0.2, 0.25) is 0 Å². The number of nitrogens with zero attached hydrogens (tertiary/aromatic N) is 1. The van der Waals surface area contributed by atoms with Gasteiger partial charge in [0.15, 0.2) is 0 Å². The van der Waals surface area contributed by atoms with Gasteiger partial charge in [0.2, 0.25) is 0 Å². The molecule has 1 N–H and O–H groups in total. The van der Waals surface area contributed by atoms with Gasteiger partial charge in [0.25, 0.3) is 0 Å². The van der Waals surface area contributed by atoms with E-state index in [0.717, 1.165) is 16.0 Å². The fraction of sp³-hybridized carbons (Fsp3) is 0.154. The maximum Gasteiger partial charge on any atom is 0.335 e.